The van der Waals surface area contributed by atoms with E-state index in [1.54, 1.807) is 11.3 Å². The summed E-state index contributed by atoms with van der Waals surface area (Å²) in [6, 6.07) is 32.1. The number of rotatable bonds is 13. The monoisotopic (exact) mass is 754 g/mol. The van der Waals surface area contributed by atoms with E-state index in [4.69, 9.17) is 4.74 Å². The van der Waals surface area contributed by atoms with Crippen molar-refractivity contribution in [1.82, 2.24) is 4.57 Å². The number of aryl methyl sites for hydroxylation is 1. The van der Waals surface area contributed by atoms with Gasteiger partial charge in [-0.25, -0.2) is 16.8 Å². The number of nitrogens with zero attached hydrogens (tertiary/aromatic N) is 3. The largest absolute Gasteiger partial charge is 0.748 e. The van der Waals surface area contributed by atoms with Crippen molar-refractivity contribution in [2.45, 2.75) is 32.7 Å². The molecule has 0 spiro atoms. The fourth-order valence-corrected chi connectivity index (χ4v) is 8.61. The Bertz CT molecular complexity index is 2560. The molecule has 0 atom stereocenters. The molecule has 0 aliphatic carbocycles. The van der Waals surface area contributed by atoms with Gasteiger partial charge in [0, 0.05) is 54.6 Å². The van der Waals surface area contributed by atoms with E-state index in [9.17, 15) is 25.9 Å². The molecule has 4 aromatic carbocycles. The number of hydrogen-bond donors (Lipinski definition) is 0. The molecule has 1 aliphatic heterocycles. The molecule has 0 saturated carbocycles. The maximum atomic E-state index is 11.5. The summed E-state index contributed by atoms with van der Waals surface area (Å²) in [6.45, 7) is 2.58. The Morgan fingerprint density at radius 2 is 1.60 bits per heavy atom. The van der Waals surface area contributed by atoms with Crippen LogP contribution in [0.1, 0.15) is 31.2 Å². The molecule has 3 heterocycles. The summed E-state index contributed by atoms with van der Waals surface area (Å²) in [7, 11) is -8.80. The predicted molar refractivity (Wildman–Crippen MR) is 203 cm³/mol. The van der Waals surface area contributed by atoms with Gasteiger partial charge in [0.05, 0.1) is 31.4 Å². The van der Waals surface area contributed by atoms with Crippen molar-refractivity contribution in [2.75, 3.05) is 23.0 Å². The Morgan fingerprint density at radius 1 is 0.846 bits per heavy atom. The van der Waals surface area contributed by atoms with Gasteiger partial charge in [0.15, 0.2) is 12.3 Å². The molecule has 7 rings (SSSR count). The topological polar surface area (TPSA) is 136 Å². The number of ether oxygens (including phenoxy) is 1. The Morgan fingerprint density at radius 3 is 2.37 bits per heavy atom. The van der Waals surface area contributed by atoms with E-state index in [-0.39, 0.29) is 19.4 Å². The second-order valence-corrected chi connectivity index (χ2v) is 16.7. The van der Waals surface area contributed by atoms with Gasteiger partial charge in [-0.1, -0.05) is 72.9 Å². The van der Waals surface area contributed by atoms with Crippen LogP contribution in [-0.4, -0.2) is 48.6 Å². The van der Waals surface area contributed by atoms with Crippen molar-refractivity contribution in [3.8, 4) is 22.6 Å². The lowest BCUT2D eigenvalue weighted by atomic mass is 10.1. The van der Waals surface area contributed by atoms with Gasteiger partial charge < -0.3 is 23.3 Å². The van der Waals surface area contributed by atoms with E-state index in [0.29, 0.717) is 24.6 Å². The first-order valence-corrected chi connectivity index (χ1v) is 20.9. The summed E-state index contributed by atoms with van der Waals surface area (Å²) in [4.78, 5) is 1.91. The zero-order chi connectivity index (χ0) is 36.5. The van der Waals surface area contributed by atoms with E-state index in [0.717, 1.165) is 54.2 Å². The molecule has 0 radical (unpaired) electrons. The van der Waals surface area contributed by atoms with E-state index >= 15 is 0 Å². The minimum atomic E-state index is -4.41. The molecule has 1 aliphatic rings. The van der Waals surface area contributed by atoms with Gasteiger partial charge in [-0.15, -0.1) is 0 Å². The number of aromatic nitrogens is 2. The average Bonchev–Trinajstić information content (AvgIpc) is 3.80. The number of thiazole rings is 1. The first-order chi connectivity index (χ1) is 25.0. The Kier molecular flexibility index (Phi) is 10.1. The zero-order valence-electron chi connectivity index (χ0n) is 28.3. The third-order valence-electron chi connectivity index (χ3n) is 9.01. The van der Waals surface area contributed by atoms with Crippen LogP contribution in [0.25, 0.3) is 44.0 Å². The average molecular weight is 755 g/mol. The Hall–Kier alpha value is -4.79. The van der Waals surface area contributed by atoms with Crippen LogP contribution in [0.2, 0.25) is 0 Å². The summed E-state index contributed by atoms with van der Waals surface area (Å²) in [5.41, 5.74) is 6.60. The van der Waals surface area contributed by atoms with E-state index in [1.165, 1.54) is 0 Å². The second kappa shape index (κ2) is 14.7. The minimum Gasteiger partial charge on any atom is -0.748 e. The quantitative estimate of drug-likeness (QED) is 0.0892. The fourth-order valence-electron chi connectivity index (χ4n) is 6.50. The van der Waals surface area contributed by atoms with Gasteiger partial charge in [0.25, 0.3) is 5.01 Å². The van der Waals surface area contributed by atoms with Crippen molar-refractivity contribution in [3.05, 3.63) is 126 Å². The second-order valence-electron chi connectivity index (χ2n) is 12.6. The molecule has 0 bridgehead atoms. The highest BCUT2D eigenvalue weighted by Crippen LogP contribution is 2.41. The smallest absolute Gasteiger partial charge is 0.263 e. The Labute approximate surface area is 307 Å². The van der Waals surface area contributed by atoms with Crippen LogP contribution in [0, 0.1) is 0 Å². The maximum Gasteiger partial charge on any atom is 0.263 e. The molecule has 6 aromatic rings. The summed E-state index contributed by atoms with van der Waals surface area (Å²) in [5.74, 6) is 0.134. The molecule has 0 fully saturated rings. The molecule has 52 heavy (non-hydrogen) atoms. The molecular formula is C39H36N3O7S3-. The molecule has 0 unspecified atom stereocenters. The number of fused-ring (bicyclic) bond motifs is 3. The normalized spacial score (nSPS) is 14.4. The molecule has 268 valence electrons. The van der Waals surface area contributed by atoms with Crippen LogP contribution in [0.3, 0.4) is 0 Å². The van der Waals surface area contributed by atoms with Gasteiger partial charge in [-0.2, -0.15) is 4.57 Å². The number of allylic oxidation sites excluding steroid dienone is 2. The highest BCUT2D eigenvalue weighted by molar-refractivity contribution is 7.85. The standard InChI is InChI=1S/C39H37N3O7S3/c1-2-28(25-39-42(20-9-23-52(46,47)48)35-26-31(14-17-37(35)50-39)29-10-4-3-5-11-29)24-38-41(19-8-22-51(43,44)45)34-27-32(15-16-36(34)49-38)40-21-18-30-12-6-7-13-33(30)40/h3-7,10-18,21,24-27H,2,8-9,19-20,22-23H2,1H3,(H-,43,44,45,46,47,48)/p-1. The van der Waals surface area contributed by atoms with E-state index in [1.807, 2.05) is 109 Å². The molecular weight excluding hydrogens is 719 g/mol. The summed E-state index contributed by atoms with van der Waals surface area (Å²) >= 11 is 1.56. The first-order valence-electron chi connectivity index (χ1n) is 16.9. The summed E-state index contributed by atoms with van der Waals surface area (Å²) in [5, 5.41) is 1.97. The van der Waals surface area contributed by atoms with E-state index in [2.05, 4.69) is 27.3 Å². The van der Waals surface area contributed by atoms with Crippen molar-refractivity contribution in [2.24, 2.45) is 0 Å². The lowest BCUT2D eigenvalue weighted by Crippen LogP contribution is -2.36. The third-order valence-corrected chi connectivity index (χ3v) is 11.7. The highest BCUT2D eigenvalue weighted by atomic mass is 32.2. The van der Waals surface area contributed by atoms with Crippen LogP contribution in [-0.2, 0) is 26.8 Å². The van der Waals surface area contributed by atoms with Crippen LogP contribution in [0.5, 0.6) is 5.75 Å². The SMILES string of the molecule is CCC(/C=C1\Oc2ccc(-n3ccc4ccccc43)cc2N1CCCS(=O)(=O)[O-])=C\c1sc2ccc(-c3ccccc3)cc2[n+]1CCCS(=O)(=O)[O-]. The lowest BCUT2D eigenvalue weighted by molar-refractivity contribution is -0.668. The number of benzene rings is 4. The number of anilines is 1. The molecule has 13 heteroatoms. The Balaban J connectivity index is 1.27. The third kappa shape index (κ3) is 7.98. The molecule has 0 saturated heterocycles. The van der Waals surface area contributed by atoms with Gasteiger partial charge in [0.1, 0.15) is 4.70 Å². The molecule has 0 N–H and O–H groups in total. The maximum absolute atomic E-state index is 11.5. The van der Waals surface area contributed by atoms with Crippen LogP contribution in [0.4, 0.5) is 5.69 Å². The van der Waals surface area contributed by atoms with Crippen molar-refractivity contribution < 1.29 is 35.2 Å². The van der Waals surface area contributed by atoms with Crippen LogP contribution >= 0.6 is 11.3 Å². The number of para-hydroxylation sites is 1. The molecule has 2 aromatic heterocycles. The highest BCUT2D eigenvalue weighted by Gasteiger charge is 2.28. The fraction of sp³-hybridized carbons (Fsp3) is 0.205. The molecule has 10 nitrogen and oxygen atoms in total. The van der Waals surface area contributed by atoms with Crippen LogP contribution in [0.15, 0.2) is 121 Å². The summed E-state index contributed by atoms with van der Waals surface area (Å²) in [6.07, 6.45) is 6.84. The van der Waals surface area contributed by atoms with Gasteiger partial charge in [0.2, 0.25) is 11.4 Å². The van der Waals surface area contributed by atoms with Crippen molar-refractivity contribution in [1.29, 1.82) is 0 Å². The van der Waals surface area contributed by atoms with Crippen LogP contribution < -0.4 is 14.2 Å². The predicted octanol–water partition coefficient (Wildman–Crippen LogP) is 7.20. The van der Waals surface area contributed by atoms with E-state index < -0.39 is 31.7 Å². The van der Waals surface area contributed by atoms with Gasteiger partial charge in [-0.3, -0.25) is 0 Å². The van der Waals surface area contributed by atoms with Gasteiger partial charge >= 0.3 is 0 Å². The lowest BCUT2D eigenvalue weighted by Gasteiger charge is -2.20. The zero-order valence-corrected chi connectivity index (χ0v) is 30.8. The first kappa shape index (κ1) is 35.6. The van der Waals surface area contributed by atoms with Crippen molar-refractivity contribution >= 4 is 64.5 Å². The minimum absolute atomic E-state index is 0.108. The van der Waals surface area contributed by atoms with Crippen molar-refractivity contribution in [3.63, 3.8) is 0 Å². The summed E-state index contributed by atoms with van der Waals surface area (Å²) < 4.78 is 80.7. The number of hydrogen-bond acceptors (Lipinski definition) is 9. The molecule has 0 amide bonds. The van der Waals surface area contributed by atoms with Gasteiger partial charge in [-0.05, 0) is 71.3 Å².